The summed E-state index contributed by atoms with van der Waals surface area (Å²) in [6, 6.07) is 5.25. The van der Waals surface area contributed by atoms with Gasteiger partial charge in [-0.05, 0) is 30.2 Å². The van der Waals surface area contributed by atoms with E-state index in [1.807, 2.05) is 0 Å². The molecule has 1 rings (SSSR count). The Hall–Kier alpha value is -0.440. The summed E-state index contributed by atoms with van der Waals surface area (Å²) in [6.45, 7) is 0.506. The number of hydrogen-bond acceptors (Lipinski definition) is 1. The van der Waals surface area contributed by atoms with Crippen LogP contribution in [0.25, 0.3) is 0 Å². The SMILES string of the molecule is O=C(CCl)NCCc1cc(Cl)ccc1Cl. The molecule has 0 aliphatic rings. The second kappa shape index (κ2) is 6.21. The lowest BCUT2D eigenvalue weighted by atomic mass is 10.1. The van der Waals surface area contributed by atoms with Gasteiger partial charge in [0.1, 0.15) is 5.88 Å². The van der Waals surface area contributed by atoms with E-state index in [9.17, 15) is 4.79 Å². The van der Waals surface area contributed by atoms with Crippen LogP contribution in [0.3, 0.4) is 0 Å². The number of halogens is 3. The van der Waals surface area contributed by atoms with Crippen molar-refractivity contribution in [2.75, 3.05) is 12.4 Å². The highest BCUT2D eigenvalue weighted by Crippen LogP contribution is 2.20. The summed E-state index contributed by atoms with van der Waals surface area (Å²) in [7, 11) is 0. The van der Waals surface area contributed by atoms with Crippen LogP contribution in [0.15, 0.2) is 18.2 Å². The molecule has 0 bridgehead atoms. The van der Waals surface area contributed by atoms with E-state index in [0.717, 1.165) is 5.56 Å². The number of carbonyl (C=O) groups is 1. The fraction of sp³-hybridized carbons (Fsp3) is 0.300. The summed E-state index contributed by atoms with van der Waals surface area (Å²) in [5.74, 6) is -0.210. The first-order valence-electron chi connectivity index (χ1n) is 4.40. The Morgan fingerprint density at radius 2 is 2.07 bits per heavy atom. The lowest BCUT2D eigenvalue weighted by molar-refractivity contribution is -0.118. The Balaban J connectivity index is 2.50. The third-order valence-corrected chi connectivity index (χ3v) is 2.69. The molecule has 0 aliphatic carbocycles. The first-order valence-corrected chi connectivity index (χ1v) is 5.69. The van der Waals surface area contributed by atoms with E-state index < -0.39 is 0 Å². The molecule has 5 heteroatoms. The maximum absolute atomic E-state index is 10.9. The summed E-state index contributed by atoms with van der Waals surface area (Å²) < 4.78 is 0. The number of nitrogens with one attached hydrogen (secondary N) is 1. The number of carbonyl (C=O) groups excluding carboxylic acids is 1. The number of rotatable bonds is 4. The van der Waals surface area contributed by atoms with Gasteiger partial charge in [0.25, 0.3) is 0 Å². The quantitative estimate of drug-likeness (QED) is 0.834. The van der Waals surface area contributed by atoms with Crippen LogP contribution in [0, 0.1) is 0 Å². The van der Waals surface area contributed by atoms with Crippen LogP contribution in [-0.2, 0) is 11.2 Å². The molecule has 0 saturated carbocycles. The van der Waals surface area contributed by atoms with E-state index in [2.05, 4.69) is 5.32 Å². The van der Waals surface area contributed by atoms with Crippen LogP contribution in [0.4, 0.5) is 0 Å². The van der Waals surface area contributed by atoms with Gasteiger partial charge in [0, 0.05) is 16.6 Å². The molecular weight excluding hydrogens is 256 g/mol. The van der Waals surface area contributed by atoms with E-state index in [4.69, 9.17) is 34.8 Å². The molecule has 0 fully saturated rings. The second-order valence-corrected chi connectivity index (χ2v) is 4.08. The minimum Gasteiger partial charge on any atom is -0.355 e. The van der Waals surface area contributed by atoms with Gasteiger partial charge in [0.05, 0.1) is 0 Å². The van der Waals surface area contributed by atoms with Crippen molar-refractivity contribution in [3.8, 4) is 0 Å². The van der Waals surface area contributed by atoms with Gasteiger partial charge in [-0.1, -0.05) is 23.2 Å². The molecule has 0 aromatic heterocycles. The summed E-state index contributed by atoms with van der Waals surface area (Å²) >= 11 is 17.1. The number of alkyl halides is 1. The van der Waals surface area contributed by atoms with Crippen molar-refractivity contribution in [2.24, 2.45) is 0 Å². The summed E-state index contributed by atoms with van der Waals surface area (Å²) in [5.41, 5.74) is 0.916. The van der Waals surface area contributed by atoms with Crippen molar-refractivity contribution in [3.63, 3.8) is 0 Å². The van der Waals surface area contributed by atoms with Crippen LogP contribution in [-0.4, -0.2) is 18.3 Å². The molecule has 0 radical (unpaired) electrons. The lowest BCUT2D eigenvalue weighted by Gasteiger charge is -2.05. The zero-order valence-electron chi connectivity index (χ0n) is 7.90. The van der Waals surface area contributed by atoms with E-state index in [-0.39, 0.29) is 11.8 Å². The van der Waals surface area contributed by atoms with Gasteiger partial charge in [-0.25, -0.2) is 0 Å². The third kappa shape index (κ3) is 4.29. The molecule has 0 spiro atoms. The van der Waals surface area contributed by atoms with Crippen molar-refractivity contribution < 1.29 is 4.79 Å². The number of hydrogen-bond donors (Lipinski definition) is 1. The molecule has 2 nitrogen and oxygen atoms in total. The molecule has 0 unspecified atom stereocenters. The third-order valence-electron chi connectivity index (χ3n) is 1.85. The smallest absolute Gasteiger partial charge is 0.234 e. The Bertz CT molecular complexity index is 355. The van der Waals surface area contributed by atoms with Crippen LogP contribution >= 0.6 is 34.8 Å². The van der Waals surface area contributed by atoms with E-state index in [1.54, 1.807) is 18.2 Å². The summed E-state index contributed by atoms with van der Waals surface area (Å²) in [4.78, 5) is 10.9. The Morgan fingerprint density at radius 1 is 1.33 bits per heavy atom. The van der Waals surface area contributed by atoms with Gasteiger partial charge >= 0.3 is 0 Å². The molecular formula is C10H10Cl3NO. The Labute approximate surface area is 104 Å². The monoisotopic (exact) mass is 265 g/mol. The predicted molar refractivity (Wildman–Crippen MR) is 63.9 cm³/mol. The molecule has 15 heavy (non-hydrogen) atoms. The van der Waals surface area contributed by atoms with Crippen LogP contribution < -0.4 is 5.32 Å². The number of benzene rings is 1. The highest BCUT2D eigenvalue weighted by Gasteiger charge is 2.02. The normalized spacial score (nSPS) is 10.1. The molecule has 1 N–H and O–H groups in total. The minimum absolute atomic E-state index is 0.0245. The zero-order valence-corrected chi connectivity index (χ0v) is 10.2. The fourth-order valence-corrected chi connectivity index (χ4v) is 1.62. The van der Waals surface area contributed by atoms with Crippen molar-refractivity contribution >= 4 is 40.7 Å². The van der Waals surface area contributed by atoms with E-state index in [0.29, 0.717) is 23.0 Å². The lowest BCUT2D eigenvalue weighted by Crippen LogP contribution is -2.26. The van der Waals surface area contributed by atoms with Crippen LogP contribution in [0.5, 0.6) is 0 Å². The van der Waals surface area contributed by atoms with Gasteiger partial charge in [-0.15, -0.1) is 11.6 Å². The fourth-order valence-electron chi connectivity index (χ4n) is 1.12. The predicted octanol–water partition coefficient (Wildman–Crippen LogP) is 2.89. The summed E-state index contributed by atoms with van der Waals surface area (Å²) in [5, 5.41) is 3.94. The van der Waals surface area contributed by atoms with Gasteiger partial charge in [-0.3, -0.25) is 4.79 Å². The molecule has 0 saturated heterocycles. The molecule has 82 valence electrons. The van der Waals surface area contributed by atoms with Gasteiger partial charge in [0.2, 0.25) is 5.91 Å². The standard InChI is InChI=1S/C10H10Cl3NO/c11-6-10(15)14-4-3-7-5-8(12)1-2-9(7)13/h1-2,5H,3-4,6H2,(H,14,15). The van der Waals surface area contributed by atoms with Crippen molar-refractivity contribution in [3.05, 3.63) is 33.8 Å². The Kier molecular flexibility index (Phi) is 5.23. The number of amides is 1. The molecule has 0 aliphatic heterocycles. The molecule has 1 amide bonds. The van der Waals surface area contributed by atoms with Crippen molar-refractivity contribution in [1.82, 2.24) is 5.32 Å². The first kappa shape index (κ1) is 12.6. The van der Waals surface area contributed by atoms with Gasteiger partial charge in [-0.2, -0.15) is 0 Å². The van der Waals surface area contributed by atoms with E-state index in [1.165, 1.54) is 0 Å². The highest BCUT2D eigenvalue weighted by atomic mass is 35.5. The average Bonchev–Trinajstić information content (AvgIpc) is 2.23. The largest absolute Gasteiger partial charge is 0.355 e. The molecule has 0 atom stereocenters. The van der Waals surface area contributed by atoms with Crippen LogP contribution in [0.2, 0.25) is 10.0 Å². The topological polar surface area (TPSA) is 29.1 Å². The minimum atomic E-state index is -0.185. The molecule has 1 aromatic carbocycles. The summed E-state index contributed by atoms with van der Waals surface area (Å²) in [6.07, 6.45) is 0.641. The average molecular weight is 267 g/mol. The molecule has 1 aromatic rings. The molecule has 0 heterocycles. The van der Waals surface area contributed by atoms with Gasteiger partial charge < -0.3 is 5.32 Å². The van der Waals surface area contributed by atoms with Crippen molar-refractivity contribution in [2.45, 2.75) is 6.42 Å². The second-order valence-electron chi connectivity index (χ2n) is 2.97. The van der Waals surface area contributed by atoms with E-state index >= 15 is 0 Å². The maximum atomic E-state index is 10.9. The zero-order chi connectivity index (χ0) is 11.3. The van der Waals surface area contributed by atoms with Crippen molar-refractivity contribution in [1.29, 1.82) is 0 Å². The Morgan fingerprint density at radius 3 is 2.73 bits per heavy atom. The highest BCUT2D eigenvalue weighted by molar-refractivity contribution is 6.33. The first-order chi connectivity index (χ1) is 7.13. The van der Waals surface area contributed by atoms with Crippen LogP contribution in [0.1, 0.15) is 5.56 Å². The maximum Gasteiger partial charge on any atom is 0.234 e. The van der Waals surface area contributed by atoms with Gasteiger partial charge in [0.15, 0.2) is 0 Å².